The fraction of sp³-hybridized carbons (Fsp3) is 0.182. The molecule has 0 saturated heterocycles. The smallest absolute Gasteiger partial charge is 0.254 e. The number of rotatable bonds is 6. The van der Waals surface area contributed by atoms with Crippen molar-refractivity contribution >= 4 is 22.4 Å². The van der Waals surface area contributed by atoms with Crippen LogP contribution in [0.3, 0.4) is 0 Å². The average molecular weight is 361 g/mol. The van der Waals surface area contributed by atoms with Crippen LogP contribution >= 0.6 is 0 Å². The number of phenols is 1. The fourth-order valence-corrected chi connectivity index (χ4v) is 2.90. The lowest BCUT2D eigenvalue weighted by atomic mass is 10.0. The Labute approximate surface area is 158 Å². The van der Waals surface area contributed by atoms with Crippen molar-refractivity contribution in [2.45, 2.75) is 19.9 Å². The molecule has 0 aliphatic rings. The van der Waals surface area contributed by atoms with Gasteiger partial charge in [-0.15, -0.1) is 0 Å². The van der Waals surface area contributed by atoms with Crippen LogP contribution in [0.15, 0.2) is 71.8 Å². The van der Waals surface area contributed by atoms with E-state index < -0.39 is 0 Å². The highest BCUT2D eigenvalue weighted by Crippen LogP contribution is 2.28. The highest BCUT2D eigenvalue weighted by Gasteiger charge is 2.10. The number of hydrazone groups is 1. The molecule has 1 amide bonds. The van der Waals surface area contributed by atoms with Gasteiger partial charge in [0.05, 0.1) is 12.3 Å². The molecule has 1 atom stereocenters. The van der Waals surface area contributed by atoms with Crippen LogP contribution in [0, 0.1) is 0 Å². The molecule has 0 aliphatic carbocycles. The zero-order valence-corrected chi connectivity index (χ0v) is 15.4. The predicted octanol–water partition coefficient (Wildman–Crippen LogP) is 3.74. The van der Waals surface area contributed by atoms with Gasteiger partial charge in [-0.1, -0.05) is 60.7 Å². The molecule has 3 aromatic carbocycles. The third kappa shape index (κ3) is 4.51. The molecular weight excluding hydrogens is 338 g/mol. The van der Waals surface area contributed by atoms with Crippen LogP contribution in [0.5, 0.6) is 5.75 Å². The van der Waals surface area contributed by atoms with Gasteiger partial charge in [0.1, 0.15) is 5.75 Å². The molecule has 1 unspecified atom stereocenters. The van der Waals surface area contributed by atoms with Crippen LogP contribution in [-0.2, 0) is 4.79 Å². The van der Waals surface area contributed by atoms with Gasteiger partial charge in [-0.25, -0.2) is 5.43 Å². The van der Waals surface area contributed by atoms with Crippen LogP contribution in [0.4, 0.5) is 0 Å². The van der Waals surface area contributed by atoms with E-state index in [1.165, 1.54) is 0 Å². The number of benzene rings is 3. The minimum absolute atomic E-state index is 0.0616. The second-order valence-electron chi connectivity index (χ2n) is 6.43. The van der Waals surface area contributed by atoms with Gasteiger partial charge in [0.25, 0.3) is 5.91 Å². The monoisotopic (exact) mass is 361 g/mol. The zero-order chi connectivity index (χ0) is 19.2. The van der Waals surface area contributed by atoms with E-state index in [-0.39, 0.29) is 24.2 Å². The van der Waals surface area contributed by atoms with E-state index in [9.17, 15) is 9.90 Å². The third-order valence-electron chi connectivity index (χ3n) is 4.51. The van der Waals surface area contributed by atoms with Gasteiger partial charge in [-0.05, 0) is 30.9 Å². The molecule has 27 heavy (non-hydrogen) atoms. The lowest BCUT2D eigenvalue weighted by Crippen LogP contribution is -2.33. The van der Waals surface area contributed by atoms with Gasteiger partial charge in [0.2, 0.25) is 0 Å². The van der Waals surface area contributed by atoms with E-state index >= 15 is 0 Å². The number of aromatic hydroxyl groups is 1. The van der Waals surface area contributed by atoms with Gasteiger partial charge >= 0.3 is 0 Å². The second kappa shape index (κ2) is 8.47. The minimum Gasteiger partial charge on any atom is -0.507 e. The van der Waals surface area contributed by atoms with Crippen molar-refractivity contribution in [3.63, 3.8) is 0 Å². The van der Waals surface area contributed by atoms with Crippen LogP contribution in [-0.4, -0.2) is 23.3 Å². The van der Waals surface area contributed by atoms with Crippen molar-refractivity contribution < 1.29 is 9.90 Å². The van der Waals surface area contributed by atoms with Crippen molar-refractivity contribution in [1.29, 1.82) is 0 Å². The Morgan fingerprint density at radius 3 is 2.52 bits per heavy atom. The molecule has 3 N–H and O–H groups in total. The first-order chi connectivity index (χ1) is 13.1. The number of carbonyl (C=O) groups excluding carboxylic acids is 1. The summed E-state index contributed by atoms with van der Waals surface area (Å²) in [6.45, 7) is 3.91. The summed E-state index contributed by atoms with van der Waals surface area (Å²) in [6.07, 6.45) is 0. The highest BCUT2D eigenvalue weighted by atomic mass is 16.3. The summed E-state index contributed by atoms with van der Waals surface area (Å²) in [5.41, 5.74) is 4.80. The van der Waals surface area contributed by atoms with Crippen LogP contribution < -0.4 is 10.7 Å². The maximum absolute atomic E-state index is 12.1. The molecule has 0 radical (unpaired) electrons. The standard InChI is InChI=1S/C22H23N3O2/c1-15(17-8-4-3-5-9-17)23-14-21(26)25-24-16(2)19-13-12-18-10-6-7-11-20(18)22(19)27/h3-13,15,23,27H,14H2,1-2H3,(H,25,26)/b24-16+. The van der Waals surface area contributed by atoms with E-state index in [0.717, 1.165) is 16.3 Å². The number of nitrogens with one attached hydrogen (secondary N) is 2. The number of hydrogen-bond donors (Lipinski definition) is 3. The topological polar surface area (TPSA) is 73.7 Å². The Bertz CT molecular complexity index is 968. The lowest BCUT2D eigenvalue weighted by Gasteiger charge is -2.13. The molecule has 0 heterocycles. The van der Waals surface area contributed by atoms with E-state index in [0.29, 0.717) is 11.3 Å². The summed E-state index contributed by atoms with van der Waals surface area (Å²) in [5, 5.41) is 19.5. The molecule has 138 valence electrons. The molecule has 5 nitrogen and oxygen atoms in total. The van der Waals surface area contributed by atoms with Crippen molar-refractivity contribution in [2.24, 2.45) is 5.10 Å². The predicted molar refractivity (Wildman–Crippen MR) is 109 cm³/mol. The summed E-state index contributed by atoms with van der Waals surface area (Å²) >= 11 is 0. The number of hydrogen-bond acceptors (Lipinski definition) is 4. The normalized spacial score (nSPS) is 12.7. The molecular formula is C22H23N3O2. The molecule has 0 aliphatic heterocycles. The summed E-state index contributed by atoms with van der Waals surface area (Å²) in [6, 6.07) is 21.3. The molecule has 0 bridgehead atoms. The molecule has 0 saturated carbocycles. The number of fused-ring (bicyclic) bond motifs is 1. The first kappa shape index (κ1) is 18.6. The first-order valence-electron chi connectivity index (χ1n) is 8.89. The number of phenolic OH excluding ortho intramolecular Hbond substituents is 1. The van der Waals surface area contributed by atoms with Gasteiger partial charge in [-0.2, -0.15) is 5.10 Å². The minimum atomic E-state index is -0.239. The Morgan fingerprint density at radius 2 is 1.74 bits per heavy atom. The van der Waals surface area contributed by atoms with E-state index in [2.05, 4.69) is 15.8 Å². The third-order valence-corrected chi connectivity index (χ3v) is 4.51. The van der Waals surface area contributed by atoms with Gasteiger partial charge in [-0.3, -0.25) is 4.79 Å². The Morgan fingerprint density at radius 1 is 1.04 bits per heavy atom. The molecule has 3 aromatic rings. The SMILES string of the molecule is C/C(=N\NC(=O)CNC(C)c1ccccc1)c1ccc2ccccc2c1O. The highest BCUT2D eigenvalue weighted by molar-refractivity contribution is 6.06. The van der Waals surface area contributed by atoms with E-state index in [1.54, 1.807) is 13.0 Å². The number of amides is 1. The fourth-order valence-electron chi connectivity index (χ4n) is 2.90. The number of carbonyl (C=O) groups is 1. The first-order valence-corrected chi connectivity index (χ1v) is 8.89. The summed E-state index contributed by atoms with van der Waals surface area (Å²) in [4.78, 5) is 12.1. The Hall–Kier alpha value is -3.18. The van der Waals surface area contributed by atoms with Gasteiger partial charge in [0.15, 0.2) is 0 Å². The molecule has 0 fully saturated rings. The molecule has 0 aromatic heterocycles. The van der Waals surface area contributed by atoms with Crippen LogP contribution in [0.25, 0.3) is 10.8 Å². The van der Waals surface area contributed by atoms with E-state index in [1.807, 2.05) is 67.6 Å². The zero-order valence-electron chi connectivity index (χ0n) is 15.4. The molecule has 5 heteroatoms. The molecule has 0 spiro atoms. The maximum Gasteiger partial charge on any atom is 0.254 e. The van der Waals surface area contributed by atoms with Crippen LogP contribution in [0.1, 0.15) is 31.0 Å². The second-order valence-corrected chi connectivity index (χ2v) is 6.43. The van der Waals surface area contributed by atoms with Crippen molar-refractivity contribution in [2.75, 3.05) is 6.54 Å². The lowest BCUT2D eigenvalue weighted by molar-refractivity contribution is -0.120. The Balaban J connectivity index is 1.62. The summed E-state index contributed by atoms with van der Waals surface area (Å²) in [5.74, 6) is -0.0724. The number of nitrogens with zero attached hydrogens (tertiary/aromatic N) is 1. The van der Waals surface area contributed by atoms with Crippen LogP contribution in [0.2, 0.25) is 0 Å². The molecule has 3 rings (SSSR count). The largest absolute Gasteiger partial charge is 0.507 e. The van der Waals surface area contributed by atoms with Crippen molar-refractivity contribution in [3.8, 4) is 5.75 Å². The maximum atomic E-state index is 12.1. The van der Waals surface area contributed by atoms with Crippen molar-refractivity contribution in [1.82, 2.24) is 10.7 Å². The average Bonchev–Trinajstić information content (AvgIpc) is 2.71. The summed E-state index contributed by atoms with van der Waals surface area (Å²) < 4.78 is 0. The van der Waals surface area contributed by atoms with Crippen molar-refractivity contribution in [3.05, 3.63) is 77.9 Å². The van der Waals surface area contributed by atoms with Gasteiger partial charge in [0, 0.05) is 17.0 Å². The van der Waals surface area contributed by atoms with E-state index in [4.69, 9.17) is 0 Å². The summed E-state index contributed by atoms with van der Waals surface area (Å²) in [7, 11) is 0. The van der Waals surface area contributed by atoms with Gasteiger partial charge < -0.3 is 10.4 Å². The Kier molecular flexibility index (Phi) is 5.84. The quantitative estimate of drug-likeness (QED) is 0.463.